The third-order valence-electron chi connectivity index (χ3n) is 18.2. The number of hydrogen-bond donors (Lipinski definition) is 0. The molecule has 0 bridgehead atoms. The third kappa shape index (κ3) is 7.30. The minimum Gasteiger partial charge on any atom is -0.334 e. The average Bonchev–Trinajstić information content (AvgIpc) is 3.67. The van der Waals surface area contributed by atoms with Crippen molar-refractivity contribution in [3.05, 3.63) is 222 Å². The lowest BCUT2D eigenvalue weighted by Gasteiger charge is -2.56. The van der Waals surface area contributed by atoms with Crippen molar-refractivity contribution in [2.75, 3.05) is 14.7 Å². The molecule has 3 heterocycles. The maximum atomic E-state index is 2.75. The minimum atomic E-state index is -0.124. The van der Waals surface area contributed by atoms with Crippen molar-refractivity contribution in [2.45, 2.75) is 116 Å². The predicted molar refractivity (Wildman–Crippen MR) is 326 cm³/mol. The molecule has 3 nitrogen and oxygen atoms in total. The molecule has 376 valence electrons. The molecule has 9 aromatic carbocycles. The Morgan fingerprint density at radius 3 is 1.36 bits per heavy atom. The second-order valence-electron chi connectivity index (χ2n) is 25.8. The second-order valence-corrected chi connectivity index (χ2v) is 25.8. The summed E-state index contributed by atoms with van der Waals surface area (Å²) in [5, 5.41) is 0. The van der Waals surface area contributed by atoms with Crippen LogP contribution < -0.4 is 31.1 Å². The van der Waals surface area contributed by atoms with Crippen molar-refractivity contribution in [3.63, 3.8) is 0 Å². The Kier molecular flexibility index (Phi) is 10.7. The molecule has 3 aliphatic heterocycles. The van der Waals surface area contributed by atoms with Crippen LogP contribution in [0.3, 0.4) is 0 Å². The topological polar surface area (TPSA) is 9.72 Å². The zero-order valence-electron chi connectivity index (χ0n) is 46.4. The number of rotatable bonds is 6. The zero-order chi connectivity index (χ0) is 52.7. The maximum Gasteiger partial charge on any atom is 0.252 e. The van der Waals surface area contributed by atoms with Crippen LogP contribution in [0, 0.1) is 0 Å². The van der Waals surface area contributed by atoms with E-state index in [1.165, 1.54) is 118 Å². The summed E-state index contributed by atoms with van der Waals surface area (Å²) in [6.07, 6.45) is 2.27. The van der Waals surface area contributed by atoms with Gasteiger partial charge in [-0.1, -0.05) is 215 Å². The molecular formula is C72H70BN3. The van der Waals surface area contributed by atoms with E-state index in [0.717, 1.165) is 12.8 Å². The molecule has 0 saturated heterocycles. The number of para-hydroxylation sites is 1. The first kappa shape index (κ1) is 48.1. The molecule has 76 heavy (non-hydrogen) atoms. The van der Waals surface area contributed by atoms with Gasteiger partial charge in [-0.2, -0.15) is 0 Å². The standard InChI is InChI=1S/C72H70BN3/c1-68(2,3)51-32-36-60(55(42-51)48-25-17-13-18-26-48)74-63-38-34-53(70(7,8)9)44-59(63)73-58-35-31-50(47-23-15-12-16-24-47)41-64(58)75(61-37-33-52(69(4,5)6)43-56(61)49-27-19-14-20-28-49)66-46-54(45-65(74)67(66)73)76-62-30-22-21-29-57(62)71(10)39-40-72(71,76)11/h12-38,41-46H,39-40H2,1-11H3. The molecule has 1 saturated carbocycles. The van der Waals surface area contributed by atoms with Gasteiger partial charge in [0.1, 0.15) is 0 Å². The second kappa shape index (κ2) is 17.0. The normalized spacial score (nSPS) is 18.4. The summed E-state index contributed by atoms with van der Waals surface area (Å²) in [5.74, 6) is 0. The van der Waals surface area contributed by atoms with Crippen molar-refractivity contribution in [3.8, 4) is 33.4 Å². The van der Waals surface area contributed by atoms with E-state index in [4.69, 9.17) is 0 Å². The molecular weight excluding hydrogens is 918 g/mol. The Hall–Kier alpha value is -7.56. The van der Waals surface area contributed by atoms with Gasteiger partial charge in [0.2, 0.25) is 0 Å². The molecule has 0 spiro atoms. The van der Waals surface area contributed by atoms with Crippen LogP contribution in [0.25, 0.3) is 33.4 Å². The lowest BCUT2D eigenvalue weighted by atomic mass is 9.33. The summed E-state index contributed by atoms with van der Waals surface area (Å²) < 4.78 is 0. The molecule has 0 aromatic heterocycles. The highest BCUT2D eigenvalue weighted by molar-refractivity contribution is 7.00. The van der Waals surface area contributed by atoms with Crippen LogP contribution in [0.15, 0.2) is 200 Å². The minimum absolute atomic E-state index is 0.0122. The average molecular weight is 988 g/mol. The zero-order valence-corrected chi connectivity index (χ0v) is 46.4. The van der Waals surface area contributed by atoms with Crippen LogP contribution in [0.1, 0.15) is 111 Å². The van der Waals surface area contributed by atoms with Gasteiger partial charge in [-0.15, -0.1) is 0 Å². The first-order chi connectivity index (χ1) is 36.3. The number of fused-ring (bicyclic) bond motifs is 7. The first-order valence-corrected chi connectivity index (χ1v) is 27.8. The summed E-state index contributed by atoms with van der Waals surface area (Å²) in [6.45, 7) is 26.1. The van der Waals surface area contributed by atoms with Crippen molar-refractivity contribution < 1.29 is 0 Å². The molecule has 0 N–H and O–H groups in total. The molecule has 9 aromatic rings. The Morgan fingerprint density at radius 2 is 0.842 bits per heavy atom. The highest BCUT2D eigenvalue weighted by atomic mass is 15.3. The van der Waals surface area contributed by atoms with E-state index in [2.05, 4.69) is 291 Å². The molecule has 0 radical (unpaired) electrons. The third-order valence-corrected chi connectivity index (χ3v) is 18.2. The van der Waals surface area contributed by atoms with Crippen LogP contribution in [-0.4, -0.2) is 12.3 Å². The van der Waals surface area contributed by atoms with Crippen molar-refractivity contribution in [1.29, 1.82) is 0 Å². The van der Waals surface area contributed by atoms with Gasteiger partial charge in [0, 0.05) is 50.7 Å². The summed E-state index contributed by atoms with van der Waals surface area (Å²) >= 11 is 0. The van der Waals surface area contributed by atoms with Gasteiger partial charge in [-0.25, -0.2) is 0 Å². The van der Waals surface area contributed by atoms with Crippen LogP contribution in [-0.2, 0) is 21.7 Å². The van der Waals surface area contributed by atoms with Gasteiger partial charge in [0.25, 0.3) is 6.71 Å². The van der Waals surface area contributed by atoms with Crippen LogP contribution in [0.5, 0.6) is 0 Å². The van der Waals surface area contributed by atoms with E-state index >= 15 is 0 Å². The molecule has 4 heteroatoms. The molecule has 2 atom stereocenters. The lowest BCUT2D eigenvalue weighted by molar-refractivity contribution is 0.133. The van der Waals surface area contributed by atoms with Crippen LogP contribution >= 0.6 is 0 Å². The van der Waals surface area contributed by atoms with Gasteiger partial charge >= 0.3 is 0 Å². The summed E-state index contributed by atoms with van der Waals surface area (Å²) in [6, 6.07) is 77.0. The monoisotopic (exact) mass is 988 g/mol. The molecule has 1 fully saturated rings. The highest BCUT2D eigenvalue weighted by Gasteiger charge is 2.63. The van der Waals surface area contributed by atoms with Crippen molar-refractivity contribution >= 4 is 68.6 Å². The Balaban J connectivity index is 1.20. The highest BCUT2D eigenvalue weighted by Crippen LogP contribution is 2.66. The van der Waals surface area contributed by atoms with Gasteiger partial charge < -0.3 is 14.7 Å². The van der Waals surface area contributed by atoms with Crippen LogP contribution in [0.2, 0.25) is 0 Å². The van der Waals surface area contributed by atoms with E-state index in [1.807, 2.05) is 0 Å². The number of benzene rings is 9. The van der Waals surface area contributed by atoms with E-state index in [-0.39, 0.29) is 33.9 Å². The van der Waals surface area contributed by atoms with E-state index < -0.39 is 0 Å². The largest absolute Gasteiger partial charge is 0.334 e. The smallest absolute Gasteiger partial charge is 0.252 e. The number of nitrogens with zero attached hydrogens (tertiary/aromatic N) is 3. The molecule has 4 aliphatic rings. The summed E-state index contributed by atoms with van der Waals surface area (Å²) in [4.78, 5) is 8.10. The fraction of sp³-hybridized carbons (Fsp3) is 0.250. The SMILES string of the molecule is CC(C)(C)c1ccc2c(c1)B1c3ccc(-c4ccccc4)cc3N(c3ccc(C(C)(C)C)cc3-c3ccccc3)c3cc(N4c5ccccc5C5(C)CCC45C)cc(c31)N2c1ccc(C(C)(C)C)cc1-c1ccccc1. The Bertz CT molecular complexity index is 3760. The first-order valence-electron chi connectivity index (χ1n) is 27.8. The molecule has 13 rings (SSSR count). The number of anilines is 8. The molecule has 1 aliphatic carbocycles. The summed E-state index contributed by atoms with van der Waals surface area (Å²) in [7, 11) is 0. The van der Waals surface area contributed by atoms with E-state index in [0.29, 0.717) is 0 Å². The Labute approximate surface area is 453 Å². The summed E-state index contributed by atoms with van der Waals surface area (Å²) in [5.41, 5.74) is 26.1. The van der Waals surface area contributed by atoms with Crippen molar-refractivity contribution in [1.82, 2.24) is 0 Å². The van der Waals surface area contributed by atoms with Gasteiger partial charge in [-0.05, 0) is 152 Å². The quantitative estimate of drug-likeness (QED) is 0.154. The van der Waals surface area contributed by atoms with Gasteiger partial charge in [0.05, 0.1) is 16.9 Å². The molecule has 0 amide bonds. The van der Waals surface area contributed by atoms with Gasteiger partial charge in [0.15, 0.2) is 0 Å². The Morgan fingerprint density at radius 1 is 0.368 bits per heavy atom. The predicted octanol–water partition coefficient (Wildman–Crippen LogP) is 17.6. The fourth-order valence-electron chi connectivity index (χ4n) is 13.5. The molecule has 2 unspecified atom stereocenters. The van der Waals surface area contributed by atoms with E-state index in [9.17, 15) is 0 Å². The van der Waals surface area contributed by atoms with Crippen LogP contribution in [0.4, 0.5) is 45.5 Å². The van der Waals surface area contributed by atoms with Gasteiger partial charge in [-0.3, -0.25) is 0 Å². The van der Waals surface area contributed by atoms with E-state index in [1.54, 1.807) is 0 Å². The fourth-order valence-corrected chi connectivity index (χ4v) is 13.5. The number of hydrogen-bond acceptors (Lipinski definition) is 3. The van der Waals surface area contributed by atoms with Crippen molar-refractivity contribution in [2.24, 2.45) is 0 Å². The lowest BCUT2D eigenvalue weighted by Crippen LogP contribution is -2.62. The maximum absolute atomic E-state index is 2.75.